The number of furan rings is 1. The molecule has 0 aliphatic rings. The number of carbonyl (C=O) groups excluding carboxylic acids is 1. The third-order valence-corrected chi connectivity index (χ3v) is 3.13. The highest BCUT2D eigenvalue weighted by atomic mass is 16.3. The first-order valence-electron chi connectivity index (χ1n) is 6.23. The molecule has 3 aromatic rings. The van der Waals surface area contributed by atoms with Crippen LogP contribution in [0, 0.1) is 0 Å². The van der Waals surface area contributed by atoms with Crippen molar-refractivity contribution in [3.63, 3.8) is 0 Å². The molecule has 0 saturated carbocycles. The number of rotatable bonds is 3. The van der Waals surface area contributed by atoms with Crippen molar-refractivity contribution in [2.24, 2.45) is 0 Å². The molecule has 0 radical (unpaired) electrons. The number of H-pyrrole nitrogens is 1. The largest absolute Gasteiger partial charge is 0.463 e. The minimum absolute atomic E-state index is 0.160. The topological polar surface area (TPSA) is 58.0 Å². The lowest BCUT2D eigenvalue weighted by molar-refractivity contribution is 0.102. The van der Waals surface area contributed by atoms with Crippen molar-refractivity contribution in [2.45, 2.75) is 13.3 Å². The molecule has 0 spiro atoms. The van der Waals surface area contributed by atoms with Crippen LogP contribution in [0.2, 0.25) is 0 Å². The van der Waals surface area contributed by atoms with Gasteiger partial charge in [-0.05, 0) is 18.1 Å². The van der Waals surface area contributed by atoms with Crippen LogP contribution in [0.25, 0.3) is 11.1 Å². The minimum Gasteiger partial charge on any atom is -0.463 e. The van der Waals surface area contributed by atoms with Crippen LogP contribution in [0.15, 0.2) is 47.1 Å². The van der Waals surface area contributed by atoms with E-state index in [-0.39, 0.29) is 5.91 Å². The second kappa shape index (κ2) is 4.65. The van der Waals surface area contributed by atoms with Crippen molar-refractivity contribution < 1.29 is 9.21 Å². The zero-order valence-corrected chi connectivity index (χ0v) is 10.6. The Labute approximate surface area is 110 Å². The molecular weight excluding hydrogens is 240 g/mol. The van der Waals surface area contributed by atoms with Gasteiger partial charge in [-0.15, -0.1) is 0 Å². The van der Waals surface area contributed by atoms with Crippen LogP contribution in [0.4, 0.5) is 5.69 Å². The maximum absolute atomic E-state index is 12.2. The van der Waals surface area contributed by atoms with E-state index in [9.17, 15) is 4.79 Å². The van der Waals surface area contributed by atoms with Gasteiger partial charge in [-0.2, -0.15) is 0 Å². The molecule has 19 heavy (non-hydrogen) atoms. The van der Waals surface area contributed by atoms with Crippen molar-refractivity contribution >= 4 is 22.7 Å². The number of hydrogen-bond donors (Lipinski definition) is 2. The van der Waals surface area contributed by atoms with Crippen molar-refractivity contribution in [2.75, 3.05) is 5.32 Å². The van der Waals surface area contributed by atoms with Gasteiger partial charge in [-0.25, -0.2) is 0 Å². The van der Waals surface area contributed by atoms with Crippen LogP contribution in [-0.2, 0) is 6.42 Å². The Morgan fingerprint density at radius 1 is 1.32 bits per heavy atom. The second-order valence-electron chi connectivity index (χ2n) is 4.35. The third kappa shape index (κ3) is 2.12. The maximum atomic E-state index is 12.2. The molecule has 3 rings (SSSR count). The molecule has 0 aliphatic heterocycles. The van der Waals surface area contributed by atoms with E-state index in [1.165, 1.54) is 0 Å². The molecule has 1 aromatic carbocycles. The number of aromatic nitrogens is 1. The Balaban J connectivity index is 1.86. The van der Waals surface area contributed by atoms with Crippen LogP contribution in [0.3, 0.4) is 0 Å². The second-order valence-corrected chi connectivity index (χ2v) is 4.35. The van der Waals surface area contributed by atoms with Gasteiger partial charge in [0.25, 0.3) is 5.91 Å². The number of benzene rings is 1. The van der Waals surface area contributed by atoms with E-state index >= 15 is 0 Å². The summed E-state index contributed by atoms with van der Waals surface area (Å²) in [7, 11) is 0. The first kappa shape index (κ1) is 11.6. The predicted molar refractivity (Wildman–Crippen MR) is 74.3 cm³/mol. The van der Waals surface area contributed by atoms with E-state index in [0.717, 1.165) is 23.2 Å². The highest BCUT2D eigenvalue weighted by Crippen LogP contribution is 2.19. The van der Waals surface area contributed by atoms with Gasteiger partial charge in [0, 0.05) is 17.8 Å². The van der Waals surface area contributed by atoms with Crippen LogP contribution in [-0.4, -0.2) is 10.9 Å². The number of hydrogen-bond acceptors (Lipinski definition) is 2. The van der Waals surface area contributed by atoms with Gasteiger partial charge >= 0.3 is 0 Å². The highest BCUT2D eigenvalue weighted by molar-refractivity contribution is 6.05. The fourth-order valence-corrected chi connectivity index (χ4v) is 2.11. The van der Waals surface area contributed by atoms with Gasteiger partial charge in [-0.3, -0.25) is 4.79 Å². The molecule has 0 saturated heterocycles. The van der Waals surface area contributed by atoms with Crippen LogP contribution >= 0.6 is 0 Å². The van der Waals surface area contributed by atoms with E-state index in [4.69, 9.17) is 4.42 Å². The average Bonchev–Trinajstić information content (AvgIpc) is 3.00. The molecule has 4 nitrogen and oxygen atoms in total. The normalized spacial score (nSPS) is 10.8. The Hall–Kier alpha value is -2.49. The zero-order valence-electron chi connectivity index (χ0n) is 10.6. The van der Waals surface area contributed by atoms with Gasteiger partial charge in [0.15, 0.2) is 5.58 Å². The first-order valence-corrected chi connectivity index (χ1v) is 6.23. The minimum atomic E-state index is -0.160. The summed E-state index contributed by atoms with van der Waals surface area (Å²) in [6.45, 7) is 2.06. The fourth-order valence-electron chi connectivity index (χ4n) is 2.11. The summed E-state index contributed by atoms with van der Waals surface area (Å²) in [6.07, 6.45) is 2.47. The predicted octanol–water partition coefficient (Wildman–Crippen LogP) is 3.58. The number of carbonyl (C=O) groups is 1. The molecule has 0 unspecified atom stereocenters. The third-order valence-electron chi connectivity index (χ3n) is 3.13. The molecule has 2 aromatic heterocycles. The van der Waals surface area contributed by atoms with Crippen molar-refractivity contribution in [3.05, 3.63) is 53.9 Å². The lowest BCUT2D eigenvalue weighted by atomic mass is 10.1. The Kier molecular flexibility index (Phi) is 2.83. The SMILES string of the molecule is CCc1ccccc1NC(=O)c1cc2occc2[nH]1. The summed E-state index contributed by atoms with van der Waals surface area (Å²) in [5.41, 5.74) is 3.98. The Bertz CT molecular complexity index is 696. The van der Waals surface area contributed by atoms with Gasteiger partial charge in [0.2, 0.25) is 0 Å². The summed E-state index contributed by atoms with van der Waals surface area (Å²) in [5.74, 6) is -0.160. The lowest BCUT2D eigenvalue weighted by Crippen LogP contribution is -2.13. The molecule has 0 aliphatic carbocycles. The molecule has 2 N–H and O–H groups in total. The van der Waals surface area contributed by atoms with Crippen LogP contribution < -0.4 is 5.32 Å². The van der Waals surface area contributed by atoms with E-state index in [1.807, 2.05) is 24.3 Å². The van der Waals surface area contributed by atoms with E-state index in [1.54, 1.807) is 18.4 Å². The molecule has 0 fully saturated rings. The lowest BCUT2D eigenvalue weighted by Gasteiger charge is -2.08. The zero-order chi connectivity index (χ0) is 13.2. The quantitative estimate of drug-likeness (QED) is 0.750. The summed E-state index contributed by atoms with van der Waals surface area (Å²) >= 11 is 0. The first-order chi connectivity index (χ1) is 9.28. The Morgan fingerprint density at radius 3 is 2.95 bits per heavy atom. The monoisotopic (exact) mass is 254 g/mol. The number of amides is 1. The summed E-state index contributed by atoms with van der Waals surface area (Å²) in [6, 6.07) is 11.3. The van der Waals surface area contributed by atoms with Gasteiger partial charge in [0.1, 0.15) is 5.69 Å². The number of para-hydroxylation sites is 1. The molecule has 96 valence electrons. The summed E-state index contributed by atoms with van der Waals surface area (Å²) in [5, 5.41) is 2.92. The number of aryl methyl sites for hydroxylation is 1. The Morgan fingerprint density at radius 2 is 2.16 bits per heavy atom. The summed E-state index contributed by atoms with van der Waals surface area (Å²) in [4.78, 5) is 15.2. The molecule has 1 amide bonds. The number of aromatic amines is 1. The van der Waals surface area contributed by atoms with Crippen molar-refractivity contribution in [1.82, 2.24) is 4.98 Å². The molecule has 4 heteroatoms. The standard InChI is InChI=1S/C15H14N2O2/c1-2-10-5-3-4-6-11(10)17-15(18)13-9-14-12(16-13)7-8-19-14/h3-9,16H,2H2,1H3,(H,17,18). The fraction of sp³-hybridized carbons (Fsp3) is 0.133. The maximum Gasteiger partial charge on any atom is 0.272 e. The molecule has 0 bridgehead atoms. The van der Waals surface area contributed by atoms with Gasteiger partial charge in [-0.1, -0.05) is 25.1 Å². The van der Waals surface area contributed by atoms with Crippen molar-refractivity contribution in [1.29, 1.82) is 0 Å². The summed E-state index contributed by atoms with van der Waals surface area (Å²) < 4.78 is 5.23. The molecule has 2 heterocycles. The number of nitrogens with one attached hydrogen (secondary N) is 2. The highest BCUT2D eigenvalue weighted by Gasteiger charge is 2.12. The number of anilines is 1. The van der Waals surface area contributed by atoms with Crippen LogP contribution in [0.5, 0.6) is 0 Å². The molecular formula is C15H14N2O2. The van der Waals surface area contributed by atoms with E-state index < -0.39 is 0 Å². The van der Waals surface area contributed by atoms with Crippen molar-refractivity contribution in [3.8, 4) is 0 Å². The number of fused-ring (bicyclic) bond motifs is 1. The average molecular weight is 254 g/mol. The van der Waals surface area contributed by atoms with Crippen LogP contribution in [0.1, 0.15) is 23.0 Å². The molecule has 0 atom stereocenters. The van der Waals surface area contributed by atoms with E-state index in [0.29, 0.717) is 11.3 Å². The van der Waals surface area contributed by atoms with E-state index in [2.05, 4.69) is 17.2 Å². The smallest absolute Gasteiger partial charge is 0.272 e. The van der Waals surface area contributed by atoms with Gasteiger partial charge < -0.3 is 14.7 Å². The van der Waals surface area contributed by atoms with Gasteiger partial charge in [0.05, 0.1) is 11.8 Å².